The highest BCUT2D eigenvalue weighted by atomic mass is 79.9. The number of benzene rings is 2. The number of nitrogens with one attached hydrogen (secondary N) is 1. The first kappa shape index (κ1) is 18.6. The van der Waals surface area contributed by atoms with Crippen molar-refractivity contribution in [1.29, 1.82) is 0 Å². The van der Waals surface area contributed by atoms with Crippen LogP contribution in [0.15, 0.2) is 53.0 Å². The van der Waals surface area contributed by atoms with Crippen molar-refractivity contribution in [2.75, 3.05) is 43.4 Å². The second kappa shape index (κ2) is 8.47. The van der Waals surface area contributed by atoms with Crippen LogP contribution in [-0.4, -0.2) is 44.0 Å². The normalized spacial score (nSPS) is 15.4. The molecule has 0 unspecified atom stereocenters. The SMILES string of the molecule is CN1CCN(c2ccccc2NC(=O)/C=C/c2cc(Br)ccc2F)CC1. The Balaban J connectivity index is 1.71. The zero-order valence-corrected chi connectivity index (χ0v) is 16.2. The summed E-state index contributed by atoms with van der Waals surface area (Å²) in [6.07, 6.45) is 2.83. The van der Waals surface area contributed by atoms with E-state index in [1.807, 2.05) is 24.3 Å². The van der Waals surface area contributed by atoms with Crippen LogP contribution in [0.2, 0.25) is 0 Å². The first-order valence-electron chi connectivity index (χ1n) is 8.49. The molecule has 3 rings (SSSR count). The Labute approximate surface area is 161 Å². The fourth-order valence-corrected chi connectivity index (χ4v) is 3.26. The fourth-order valence-electron chi connectivity index (χ4n) is 2.88. The van der Waals surface area contributed by atoms with Gasteiger partial charge in [-0.15, -0.1) is 0 Å². The van der Waals surface area contributed by atoms with Crippen LogP contribution in [0.3, 0.4) is 0 Å². The summed E-state index contributed by atoms with van der Waals surface area (Å²) in [7, 11) is 2.11. The summed E-state index contributed by atoms with van der Waals surface area (Å²) in [4.78, 5) is 16.9. The number of para-hydroxylation sites is 2. The van der Waals surface area contributed by atoms with E-state index in [4.69, 9.17) is 0 Å². The molecule has 4 nitrogen and oxygen atoms in total. The molecule has 0 atom stereocenters. The lowest BCUT2D eigenvalue weighted by Gasteiger charge is -2.35. The minimum atomic E-state index is -0.366. The number of likely N-dealkylation sites (N-methyl/N-ethyl adjacent to an activating group) is 1. The predicted octanol–water partition coefficient (Wildman–Crippen LogP) is 3.99. The molecule has 1 heterocycles. The molecule has 0 saturated carbocycles. The molecule has 2 aromatic rings. The van der Waals surface area contributed by atoms with Crippen LogP contribution in [0.25, 0.3) is 6.08 Å². The van der Waals surface area contributed by atoms with E-state index in [0.717, 1.165) is 42.0 Å². The van der Waals surface area contributed by atoms with E-state index in [-0.39, 0.29) is 11.7 Å². The zero-order valence-electron chi connectivity index (χ0n) is 14.6. The number of piperazine rings is 1. The largest absolute Gasteiger partial charge is 0.367 e. The molecule has 0 spiro atoms. The van der Waals surface area contributed by atoms with Gasteiger partial charge in [0.05, 0.1) is 11.4 Å². The first-order chi connectivity index (χ1) is 12.5. The standard InChI is InChI=1S/C20H21BrFN3O/c1-24-10-12-25(13-11-24)19-5-3-2-4-18(19)23-20(26)9-6-15-14-16(21)7-8-17(15)22/h2-9,14H,10-13H2,1H3,(H,23,26)/b9-6+. The van der Waals surface area contributed by atoms with Crippen molar-refractivity contribution >= 4 is 39.3 Å². The number of rotatable bonds is 4. The average molecular weight is 418 g/mol. The van der Waals surface area contributed by atoms with Gasteiger partial charge < -0.3 is 15.1 Å². The second-order valence-corrected chi connectivity index (χ2v) is 7.21. The van der Waals surface area contributed by atoms with Gasteiger partial charge in [0.25, 0.3) is 0 Å². The second-order valence-electron chi connectivity index (χ2n) is 6.30. The van der Waals surface area contributed by atoms with Crippen molar-refractivity contribution in [2.45, 2.75) is 0 Å². The highest BCUT2D eigenvalue weighted by Crippen LogP contribution is 2.26. The van der Waals surface area contributed by atoms with Gasteiger partial charge in [0.2, 0.25) is 5.91 Å². The summed E-state index contributed by atoms with van der Waals surface area (Å²) in [6.45, 7) is 3.82. The summed E-state index contributed by atoms with van der Waals surface area (Å²) in [5.41, 5.74) is 2.14. The third kappa shape index (κ3) is 4.71. The molecule has 1 aliphatic rings. The maximum absolute atomic E-state index is 13.8. The van der Waals surface area contributed by atoms with E-state index in [1.54, 1.807) is 12.1 Å². The lowest BCUT2D eigenvalue weighted by molar-refractivity contribution is -0.111. The number of anilines is 2. The molecule has 1 saturated heterocycles. The van der Waals surface area contributed by atoms with E-state index >= 15 is 0 Å². The van der Waals surface area contributed by atoms with Gasteiger partial charge >= 0.3 is 0 Å². The van der Waals surface area contributed by atoms with Crippen LogP contribution in [0.1, 0.15) is 5.56 Å². The molecular weight excluding hydrogens is 397 g/mol. The Hall–Kier alpha value is -2.18. The quantitative estimate of drug-likeness (QED) is 0.763. The van der Waals surface area contributed by atoms with Crippen LogP contribution >= 0.6 is 15.9 Å². The van der Waals surface area contributed by atoms with Gasteiger partial charge in [-0.2, -0.15) is 0 Å². The van der Waals surface area contributed by atoms with Crippen molar-refractivity contribution in [1.82, 2.24) is 4.90 Å². The van der Waals surface area contributed by atoms with E-state index < -0.39 is 0 Å². The Kier molecular flexibility index (Phi) is 6.06. The van der Waals surface area contributed by atoms with E-state index in [0.29, 0.717) is 5.56 Å². The minimum Gasteiger partial charge on any atom is -0.367 e. The lowest BCUT2D eigenvalue weighted by Crippen LogP contribution is -2.44. The molecule has 0 aromatic heterocycles. The average Bonchev–Trinajstić information content (AvgIpc) is 2.64. The molecular formula is C20H21BrFN3O. The molecule has 0 aliphatic carbocycles. The molecule has 0 bridgehead atoms. The van der Waals surface area contributed by atoms with E-state index in [2.05, 4.69) is 38.1 Å². The van der Waals surface area contributed by atoms with Crippen LogP contribution < -0.4 is 10.2 Å². The van der Waals surface area contributed by atoms with Gasteiger partial charge in [-0.25, -0.2) is 4.39 Å². The number of amides is 1. The summed E-state index contributed by atoms with van der Waals surface area (Å²) in [5, 5.41) is 2.91. The molecule has 2 aromatic carbocycles. The third-order valence-electron chi connectivity index (χ3n) is 4.38. The van der Waals surface area contributed by atoms with Crippen molar-refractivity contribution in [3.8, 4) is 0 Å². The van der Waals surface area contributed by atoms with E-state index in [9.17, 15) is 9.18 Å². The Morgan fingerprint density at radius 2 is 1.88 bits per heavy atom. The van der Waals surface area contributed by atoms with Crippen LogP contribution in [0, 0.1) is 5.82 Å². The van der Waals surface area contributed by atoms with Gasteiger partial charge in [0.1, 0.15) is 5.82 Å². The summed E-state index contributed by atoms with van der Waals surface area (Å²) >= 11 is 3.30. The highest BCUT2D eigenvalue weighted by molar-refractivity contribution is 9.10. The maximum Gasteiger partial charge on any atom is 0.248 e. The maximum atomic E-state index is 13.8. The van der Waals surface area contributed by atoms with Gasteiger partial charge in [0.15, 0.2) is 0 Å². The number of carbonyl (C=O) groups excluding carboxylic acids is 1. The number of halogens is 2. The monoisotopic (exact) mass is 417 g/mol. The van der Waals surface area contributed by atoms with Crippen LogP contribution in [-0.2, 0) is 4.79 Å². The summed E-state index contributed by atoms with van der Waals surface area (Å²) in [5.74, 6) is -0.652. The molecule has 136 valence electrons. The minimum absolute atomic E-state index is 0.286. The smallest absolute Gasteiger partial charge is 0.248 e. The van der Waals surface area contributed by atoms with Gasteiger partial charge in [-0.05, 0) is 43.5 Å². The topological polar surface area (TPSA) is 35.6 Å². The lowest BCUT2D eigenvalue weighted by atomic mass is 10.2. The van der Waals surface area contributed by atoms with Crippen molar-refractivity contribution in [3.63, 3.8) is 0 Å². The third-order valence-corrected chi connectivity index (χ3v) is 4.87. The Morgan fingerprint density at radius 1 is 1.15 bits per heavy atom. The first-order valence-corrected chi connectivity index (χ1v) is 9.29. The van der Waals surface area contributed by atoms with Crippen molar-refractivity contribution < 1.29 is 9.18 Å². The molecule has 1 fully saturated rings. The van der Waals surface area contributed by atoms with Crippen LogP contribution in [0.5, 0.6) is 0 Å². The Bertz CT molecular complexity index is 816. The van der Waals surface area contributed by atoms with Gasteiger partial charge in [0, 0.05) is 42.3 Å². The number of hydrogen-bond acceptors (Lipinski definition) is 3. The molecule has 1 N–H and O–H groups in total. The van der Waals surface area contributed by atoms with E-state index in [1.165, 1.54) is 18.2 Å². The van der Waals surface area contributed by atoms with Gasteiger partial charge in [-0.1, -0.05) is 28.1 Å². The van der Waals surface area contributed by atoms with Crippen LogP contribution in [0.4, 0.5) is 15.8 Å². The fraction of sp³-hybridized carbons (Fsp3) is 0.250. The summed E-state index contributed by atoms with van der Waals surface area (Å²) < 4.78 is 14.5. The zero-order chi connectivity index (χ0) is 18.5. The molecule has 6 heteroatoms. The number of hydrogen-bond donors (Lipinski definition) is 1. The molecule has 26 heavy (non-hydrogen) atoms. The number of carbonyl (C=O) groups is 1. The van der Waals surface area contributed by atoms with Crippen molar-refractivity contribution in [3.05, 3.63) is 64.4 Å². The highest BCUT2D eigenvalue weighted by Gasteiger charge is 2.17. The van der Waals surface area contributed by atoms with Crippen molar-refractivity contribution in [2.24, 2.45) is 0 Å². The molecule has 1 amide bonds. The molecule has 1 aliphatic heterocycles. The number of nitrogens with zero attached hydrogens (tertiary/aromatic N) is 2. The summed E-state index contributed by atoms with van der Waals surface area (Å²) in [6, 6.07) is 12.4. The molecule has 0 radical (unpaired) electrons. The van der Waals surface area contributed by atoms with Gasteiger partial charge in [-0.3, -0.25) is 4.79 Å². The predicted molar refractivity (Wildman–Crippen MR) is 108 cm³/mol. The Morgan fingerprint density at radius 3 is 2.65 bits per heavy atom.